The third-order valence-corrected chi connectivity index (χ3v) is 3.85. The Kier molecular flexibility index (Phi) is 3.90. The second kappa shape index (κ2) is 5.85. The summed E-state index contributed by atoms with van der Waals surface area (Å²) in [6, 6.07) is 5.72. The first-order chi connectivity index (χ1) is 10.6. The molecule has 1 aliphatic rings. The standard InChI is InChI=1S/C16H17ClN4O/c1-11-8-21(13-7-19-20(2)9-13)10-18-16(11)12-4-5-15(22-3)14(17)6-12/h4-9H,10H2,1-3H3. The van der Waals surface area contributed by atoms with Gasteiger partial charge in [-0.05, 0) is 30.7 Å². The molecule has 0 atom stereocenters. The molecule has 0 aliphatic carbocycles. The van der Waals surface area contributed by atoms with Crippen LogP contribution in [0.25, 0.3) is 0 Å². The van der Waals surface area contributed by atoms with Crippen LogP contribution in [-0.2, 0) is 7.05 Å². The summed E-state index contributed by atoms with van der Waals surface area (Å²) in [4.78, 5) is 6.75. The molecule has 1 aromatic heterocycles. The average molecular weight is 317 g/mol. The van der Waals surface area contributed by atoms with Gasteiger partial charge in [-0.15, -0.1) is 0 Å². The van der Waals surface area contributed by atoms with Gasteiger partial charge in [-0.2, -0.15) is 5.10 Å². The molecule has 0 radical (unpaired) electrons. The first-order valence-corrected chi connectivity index (χ1v) is 7.28. The van der Waals surface area contributed by atoms with Crippen molar-refractivity contribution in [2.75, 3.05) is 18.7 Å². The minimum atomic E-state index is 0.558. The van der Waals surface area contributed by atoms with Gasteiger partial charge in [0.1, 0.15) is 12.4 Å². The normalized spacial score (nSPS) is 14.6. The molecule has 0 saturated carbocycles. The van der Waals surface area contributed by atoms with Crippen molar-refractivity contribution in [1.29, 1.82) is 0 Å². The van der Waals surface area contributed by atoms with Gasteiger partial charge in [0.05, 0.1) is 29.7 Å². The highest BCUT2D eigenvalue weighted by Crippen LogP contribution is 2.27. The fourth-order valence-electron chi connectivity index (χ4n) is 2.45. The number of nitrogens with zero attached hydrogens (tertiary/aromatic N) is 4. The lowest BCUT2D eigenvalue weighted by Crippen LogP contribution is -2.24. The Balaban J connectivity index is 1.87. The zero-order valence-electron chi connectivity index (χ0n) is 12.7. The molecule has 0 saturated heterocycles. The molecule has 3 rings (SSSR count). The second-order valence-corrected chi connectivity index (χ2v) is 5.56. The van der Waals surface area contributed by atoms with Crippen LogP contribution < -0.4 is 9.64 Å². The van der Waals surface area contributed by atoms with Crippen molar-refractivity contribution in [3.05, 3.63) is 53.0 Å². The molecule has 6 heteroatoms. The summed E-state index contributed by atoms with van der Waals surface area (Å²) >= 11 is 6.20. The van der Waals surface area contributed by atoms with E-state index in [0.717, 1.165) is 22.5 Å². The molecule has 0 unspecified atom stereocenters. The monoisotopic (exact) mass is 316 g/mol. The van der Waals surface area contributed by atoms with Crippen LogP contribution in [-0.4, -0.2) is 29.3 Å². The van der Waals surface area contributed by atoms with Gasteiger partial charge in [0.15, 0.2) is 0 Å². The number of methoxy groups -OCH3 is 1. The number of aryl methyl sites for hydroxylation is 1. The smallest absolute Gasteiger partial charge is 0.137 e. The maximum atomic E-state index is 6.20. The van der Waals surface area contributed by atoms with Gasteiger partial charge in [-0.25, -0.2) is 0 Å². The van der Waals surface area contributed by atoms with E-state index in [1.165, 1.54) is 0 Å². The Bertz CT molecular complexity index is 763. The summed E-state index contributed by atoms with van der Waals surface area (Å²) in [7, 11) is 3.51. The average Bonchev–Trinajstić information content (AvgIpc) is 2.93. The Hall–Kier alpha value is -2.27. The van der Waals surface area contributed by atoms with E-state index in [-0.39, 0.29) is 0 Å². The van der Waals surface area contributed by atoms with Crippen molar-refractivity contribution in [3.63, 3.8) is 0 Å². The molecule has 5 nitrogen and oxygen atoms in total. The molecule has 0 bridgehead atoms. The van der Waals surface area contributed by atoms with Gasteiger partial charge < -0.3 is 9.64 Å². The van der Waals surface area contributed by atoms with E-state index >= 15 is 0 Å². The number of anilines is 1. The molecule has 1 aliphatic heterocycles. The lowest BCUT2D eigenvalue weighted by molar-refractivity contribution is 0.415. The molecule has 1 aromatic carbocycles. The number of hydrogen-bond donors (Lipinski definition) is 0. The molecule has 2 heterocycles. The Morgan fingerprint density at radius 2 is 2.14 bits per heavy atom. The first kappa shape index (κ1) is 14.7. The maximum Gasteiger partial charge on any atom is 0.137 e. The van der Waals surface area contributed by atoms with E-state index in [2.05, 4.69) is 21.2 Å². The highest BCUT2D eigenvalue weighted by Gasteiger charge is 2.16. The summed E-state index contributed by atoms with van der Waals surface area (Å²) in [6.45, 7) is 2.60. The predicted octanol–water partition coefficient (Wildman–Crippen LogP) is 3.25. The molecule has 114 valence electrons. The van der Waals surface area contributed by atoms with Crippen LogP contribution >= 0.6 is 11.6 Å². The summed E-state index contributed by atoms with van der Waals surface area (Å²) in [5, 5.41) is 4.78. The SMILES string of the molecule is COc1ccc(C2=NCN(c3cnn(C)c3)C=C2C)cc1Cl. The van der Waals surface area contributed by atoms with Crippen molar-refractivity contribution in [1.82, 2.24) is 9.78 Å². The van der Waals surface area contributed by atoms with E-state index in [0.29, 0.717) is 17.4 Å². The number of ether oxygens (including phenoxy) is 1. The minimum Gasteiger partial charge on any atom is -0.495 e. The van der Waals surface area contributed by atoms with Crippen LogP contribution in [0.4, 0.5) is 5.69 Å². The van der Waals surface area contributed by atoms with E-state index < -0.39 is 0 Å². The second-order valence-electron chi connectivity index (χ2n) is 5.15. The molecule has 0 N–H and O–H groups in total. The number of hydrogen-bond acceptors (Lipinski definition) is 4. The summed E-state index contributed by atoms with van der Waals surface area (Å²) < 4.78 is 6.97. The third kappa shape index (κ3) is 2.72. The van der Waals surface area contributed by atoms with Crippen LogP contribution in [0, 0.1) is 0 Å². The topological polar surface area (TPSA) is 42.6 Å². The van der Waals surface area contributed by atoms with Crippen molar-refractivity contribution < 1.29 is 4.74 Å². The van der Waals surface area contributed by atoms with E-state index in [1.54, 1.807) is 11.8 Å². The Morgan fingerprint density at radius 3 is 2.73 bits per heavy atom. The molecule has 0 amide bonds. The number of aromatic nitrogens is 2. The zero-order valence-corrected chi connectivity index (χ0v) is 13.5. The summed E-state index contributed by atoms with van der Waals surface area (Å²) in [5.74, 6) is 0.667. The lowest BCUT2D eigenvalue weighted by atomic mass is 10.0. The maximum absolute atomic E-state index is 6.20. The Labute approximate surface area is 134 Å². The number of rotatable bonds is 3. The molecule has 0 fully saturated rings. The van der Waals surface area contributed by atoms with Gasteiger partial charge in [-0.1, -0.05) is 11.6 Å². The molecule has 0 spiro atoms. The number of aliphatic imine (C=N–C) groups is 1. The summed E-state index contributed by atoms with van der Waals surface area (Å²) in [6.07, 6.45) is 5.88. The molecular formula is C16H17ClN4O. The van der Waals surface area contributed by atoms with E-state index in [4.69, 9.17) is 16.3 Å². The largest absolute Gasteiger partial charge is 0.495 e. The lowest BCUT2D eigenvalue weighted by Gasteiger charge is -2.23. The zero-order chi connectivity index (χ0) is 15.7. The van der Waals surface area contributed by atoms with Crippen LogP contribution in [0.15, 0.2) is 47.4 Å². The van der Waals surface area contributed by atoms with Crippen LogP contribution in [0.3, 0.4) is 0 Å². The van der Waals surface area contributed by atoms with Gasteiger partial charge in [0.2, 0.25) is 0 Å². The Morgan fingerprint density at radius 1 is 1.32 bits per heavy atom. The fraction of sp³-hybridized carbons (Fsp3) is 0.250. The minimum absolute atomic E-state index is 0.558. The van der Waals surface area contributed by atoms with Crippen LogP contribution in [0.5, 0.6) is 5.75 Å². The summed E-state index contributed by atoms with van der Waals surface area (Å²) in [5.41, 5.74) is 4.05. The molecule has 2 aromatic rings. The highest BCUT2D eigenvalue weighted by molar-refractivity contribution is 6.32. The van der Waals surface area contributed by atoms with Crippen molar-refractivity contribution >= 4 is 23.0 Å². The quantitative estimate of drug-likeness (QED) is 0.873. The van der Waals surface area contributed by atoms with E-state index in [9.17, 15) is 0 Å². The first-order valence-electron chi connectivity index (χ1n) is 6.91. The fourth-order valence-corrected chi connectivity index (χ4v) is 2.71. The van der Waals surface area contributed by atoms with E-state index in [1.807, 2.05) is 44.6 Å². The third-order valence-electron chi connectivity index (χ3n) is 3.55. The van der Waals surface area contributed by atoms with Crippen molar-refractivity contribution in [2.24, 2.45) is 12.0 Å². The van der Waals surface area contributed by atoms with Gasteiger partial charge in [-0.3, -0.25) is 9.67 Å². The van der Waals surface area contributed by atoms with Gasteiger partial charge >= 0.3 is 0 Å². The van der Waals surface area contributed by atoms with Gasteiger partial charge in [0, 0.05) is 25.0 Å². The number of halogens is 1. The van der Waals surface area contributed by atoms with Crippen molar-refractivity contribution in [2.45, 2.75) is 6.92 Å². The van der Waals surface area contributed by atoms with Crippen molar-refractivity contribution in [3.8, 4) is 5.75 Å². The highest BCUT2D eigenvalue weighted by atomic mass is 35.5. The van der Waals surface area contributed by atoms with Crippen LogP contribution in [0.2, 0.25) is 5.02 Å². The predicted molar refractivity (Wildman–Crippen MR) is 88.9 cm³/mol. The number of benzene rings is 1. The molecule has 22 heavy (non-hydrogen) atoms. The van der Waals surface area contributed by atoms with Gasteiger partial charge in [0.25, 0.3) is 0 Å². The number of allylic oxidation sites excluding steroid dienone is 1. The molecular weight excluding hydrogens is 300 g/mol. The van der Waals surface area contributed by atoms with Crippen LogP contribution in [0.1, 0.15) is 12.5 Å².